The van der Waals surface area contributed by atoms with E-state index in [2.05, 4.69) is 61.1 Å². The minimum absolute atomic E-state index is 0.0634. The first-order valence-corrected chi connectivity index (χ1v) is 26.9. The van der Waals surface area contributed by atoms with Crippen LogP contribution in [0.2, 0.25) is 15.3 Å². The van der Waals surface area contributed by atoms with Gasteiger partial charge in [-0.2, -0.15) is 40.2 Å². The summed E-state index contributed by atoms with van der Waals surface area (Å²) in [6.45, 7) is 3.99. The molecular weight excluding hydrogens is 1090 g/mol. The summed E-state index contributed by atoms with van der Waals surface area (Å²) in [5.74, 6) is -3.19. The molecule has 0 spiro atoms. The number of nitrogens with one attached hydrogen (secondary N) is 4. The second-order valence-corrected chi connectivity index (χ2v) is 22.1. The fourth-order valence-corrected chi connectivity index (χ4v) is 10.3. The van der Waals surface area contributed by atoms with E-state index in [1.165, 1.54) is 36.4 Å². The number of halogens is 3. The number of benzene rings is 4. The number of ether oxygens (including phenoxy) is 1. The zero-order valence-electron chi connectivity index (χ0n) is 34.0. The van der Waals surface area contributed by atoms with Gasteiger partial charge in [0.25, 0.3) is 21.3 Å². The second-order valence-electron chi connectivity index (χ2n) is 13.9. The maximum Gasteiger partial charge on any atom is 0.397 e. The zero-order chi connectivity index (χ0) is 50.6. The average molecular weight is 1120 g/mol. The monoisotopic (exact) mass is 1120 g/mol. The van der Waals surface area contributed by atoms with Gasteiger partial charge in [0, 0.05) is 18.3 Å². The largest absolute Gasteiger partial charge is 0.450 e. The molecule has 3 aliphatic rings. The number of sulfone groups is 1. The first kappa shape index (κ1) is 51.4. The molecule has 1 atom stereocenters. The maximum atomic E-state index is 13.0. The van der Waals surface area contributed by atoms with E-state index in [-0.39, 0.29) is 78.3 Å². The van der Waals surface area contributed by atoms with Gasteiger partial charge in [-0.25, -0.2) is 22.6 Å². The summed E-state index contributed by atoms with van der Waals surface area (Å²) in [7, 11) is -19.2. The van der Waals surface area contributed by atoms with E-state index in [1.807, 2.05) is 0 Å². The Balaban J connectivity index is 1.12. The molecule has 1 aromatic heterocycles. The van der Waals surface area contributed by atoms with E-state index in [1.54, 1.807) is 6.92 Å². The van der Waals surface area contributed by atoms with Gasteiger partial charge >= 0.3 is 20.5 Å². The normalized spacial score (nSPS) is 14.0. The summed E-state index contributed by atoms with van der Waals surface area (Å²) in [6.07, 6.45) is 0. The molecule has 3 aromatic carbocycles. The molecule has 0 amide bonds. The predicted molar refractivity (Wildman–Crippen MR) is 247 cm³/mol. The van der Waals surface area contributed by atoms with Crippen LogP contribution in [0.15, 0.2) is 85.1 Å². The van der Waals surface area contributed by atoms with Gasteiger partial charge in [-0.3, -0.25) is 27.3 Å². The van der Waals surface area contributed by atoms with Crippen molar-refractivity contribution in [1.29, 1.82) is 0 Å². The summed E-state index contributed by atoms with van der Waals surface area (Å²) in [5, 5.41) is 9.94. The lowest BCUT2D eigenvalue weighted by Crippen LogP contribution is -2.27. The van der Waals surface area contributed by atoms with Crippen LogP contribution in [0.3, 0.4) is 0 Å². The summed E-state index contributed by atoms with van der Waals surface area (Å²) in [6, 6.07) is 9.27. The van der Waals surface area contributed by atoms with Crippen LogP contribution in [0.1, 0.15) is 6.92 Å². The van der Waals surface area contributed by atoms with E-state index in [0.29, 0.717) is 5.69 Å². The highest BCUT2D eigenvalue weighted by molar-refractivity contribution is 8.15. The van der Waals surface area contributed by atoms with Crippen molar-refractivity contribution in [2.75, 3.05) is 40.2 Å². The highest BCUT2D eigenvalue weighted by atomic mass is 35.5. The third kappa shape index (κ3) is 12.0. The van der Waals surface area contributed by atoms with Crippen LogP contribution in [0.4, 0.5) is 34.6 Å². The van der Waals surface area contributed by atoms with Gasteiger partial charge in [-0.15, -0.1) is 0 Å². The Bertz CT molecular complexity index is 3590. The van der Waals surface area contributed by atoms with Crippen molar-refractivity contribution in [3.63, 3.8) is 0 Å². The number of fused-ring (bicyclic) bond motifs is 4. The molecular formula is C34H30Cl3N9O18S5. The first-order chi connectivity index (χ1) is 32.0. The van der Waals surface area contributed by atoms with E-state index in [4.69, 9.17) is 48.5 Å². The first-order valence-electron chi connectivity index (χ1n) is 18.4. The number of hydrogen-bond acceptors (Lipinski definition) is 24. The standard InChI is InChI=1S/C34H30Cl3N9O18S5/c1-14(39-33-44-32(37)45-34(46-33)41-16-3-5-17(6-4-16)65(47,48)12-11-61-68(55,56)57)13-38-20-9-7-18-26(30(20)66(49,50)51)62-28-22(35)25-29(23(36)24(28)42-18)63-27-19(43-25)8-10-21(31(27)67(52,53)54)40-15(2)64-69(58,59)60/h3-10,14,38,42,58-60H,2,11-13H2,1H3,(H,49,50,51)(H,52,53,54)(H,55,56,57)(H2,39,41,44,45,46)/b40-21-. The Morgan fingerprint density at radius 1 is 0.826 bits per heavy atom. The van der Waals surface area contributed by atoms with E-state index in [0.717, 1.165) is 12.1 Å². The van der Waals surface area contributed by atoms with Crippen molar-refractivity contribution in [2.45, 2.75) is 27.7 Å². The molecule has 4 aromatic rings. The van der Waals surface area contributed by atoms with E-state index >= 15 is 0 Å². The molecule has 370 valence electrons. The molecule has 0 bridgehead atoms. The second kappa shape index (κ2) is 19.1. The topological polar surface area (TPSA) is 411 Å². The molecule has 0 saturated heterocycles. The Kier molecular flexibility index (Phi) is 14.2. The summed E-state index contributed by atoms with van der Waals surface area (Å²) >= 11 is 15.0. The van der Waals surface area contributed by atoms with Crippen LogP contribution < -0.4 is 31.4 Å². The minimum atomic E-state index is -5.23. The predicted octanol–water partition coefficient (Wildman–Crippen LogP) is 6.20. The quantitative estimate of drug-likeness (QED) is 0.0276. The Morgan fingerprint density at radius 2 is 1.49 bits per heavy atom. The molecule has 10 N–H and O–H groups in total. The molecule has 0 saturated carbocycles. The molecule has 2 aliphatic heterocycles. The van der Waals surface area contributed by atoms with Gasteiger partial charge in [-0.1, -0.05) is 23.2 Å². The van der Waals surface area contributed by atoms with Crippen molar-refractivity contribution < 1.29 is 78.5 Å². The highest BCUT2D eigenvalue weighted by Crippen LogP contribution is 2.55. The van der Waals surface area contributed by atoms with Crippen LogP contribution >= 0.6 is 46.0 Å². The lowest BCUT2D eigenvalue weighted by molar-refractivity contribution is 0.246. The van der Waals surface area contributed by atoms with Gasteiger partial charge in [0.2, 0.25) is 23.1 Å². The number of hydrogen-bond donors (Lipinski definition) is 10. The van der Waals surface area contributed by atoms with Crippen LogP contribution in [-0.2, 0) is 48.8 Å². The number of nitrogens with zero attached hydrogens (tertiary/aromatic N) is 5. The van der Waals surface area contributed by atoms with Gasteiger partial charge in [0.1, 0.15) is 26.9 Å². The Labute approximate surface area is 405 Å². The SMILES string of the molecule is C=C(/N=c1/ccc2nc3c(Cl)c4c(c(Cl)c3oc-2c1S(=O)(=O)O)Nc1ccc(NCC(C)Nc2nc(Cl)nc(Nc3ccc(S(=O)(=O)CCOS(=O)(=O)O)cc3)n2)c(S(=O)(=O)O)c1O4)OS(O)(O)O. The van der Waals surface area contributed by atoms with Gasteiger partial charge < -0.3 is 34.6 Å². The highest BCUT2D eigenvalue weighted by Gasteiger charge is 2.35. The molecule has 1 unspecified atom stereocenters. The summed E-state index contributed by atoms with van der Waals surface area (Å²) in [4.78, 5) is 18.3. The Morgan fingerprint density at radius 3 is 2.13 bits per heavy atom. The third-order valence-corrected chi connectivity index (χ3v) is 14.2. The van der Waals surface area contributed by atoms with Crippen molar-refractivity contribution in [1.82, 2.24) is 19.9 Å². The number of rotatable bonds is 17. The van der Waals surface area contributed by atoms with Crippen LogP contribution in [0, 0.1) is 0 Å². The minimum Gasteiger partial charge on any atom is -0.450 e. The molecule has 69 heavy (non-hydrogen) atoms. The third-order valence-electron chi connectivity index (χ3n) is 8.96. The van der Waals surface area contributed by atoms with Crippen molar-refractivity contribution in [3.05, 3.63) is 81.7 Å². The molecule has 27 nitrogen and oxygen atoms in total. The van der Waals surface area contributed by atoms with Gasteiger partial charge in [-0.05, 0) is 73.6 Å². The van der Waals surface area contributed by atoms with Crippen LogP contribution in [0.25, 0.3) is 22.6 Å². The Hall–Kier alpha value is -5.43. The fourth-order valence-electron chi connectivity index (χ4n) is 6.25. The smallest absolute Gasteiger partial charge is 0.397 e. The summed E-state index contributed by atoms with van der Waals surface area (Å²) in [5.41, 5.74) is -1.02. The number of anilines is 6. The lowest BCUT2D eigenvalue weighted by atomic mass is 10.1. The molecule has 3 heterocycles. The molecule has 1 aliphatic carbocycles. The van der Waals surface area contributed by atoms with Crippen molar-refractivity contribution >= 4 is 132 Å². The molecule has 7 rings (SSSR count). The fraction of sp³-hybridized carbons (Fsp3) is 0.147. The van der Waals surface area contributed by atoms with Crippen LogP contribution in [0.5, 0.6) is 11.5 Å². The van der Waals surface area contributed by atoms with Crippen molar-refractivity contribution in [2.24, 2.45) is 4.99 Å². The molecule has 0 radical (unpaired) electrons. The summed E-state index contributed by atoms with van der Waals surface area (Å²) < 4.78 is 175. The lowest BCUT2D eigenvalue weighted by Gasteiger charge is -2.27. The van der Waals surface area contributed by atoms with E-state index in [9.17, 15) is 56.4 Å². The number of aromatic nitrogens is 4. The average Bonchev–Trinajstić information content (AvgIpc) is 3.21. The van der Waals surface area contributed by atoms with Gasteiger partial charge in [0.05, 0.1) is 34.0 Å². The van der Waals surface area contributed by atoms with Crippen molar-refractivity contribution in [3.8, 4) is 23.0 Å². The van der Waals surface area contributed by atoms with Gasteiger partial charge in [0.15, 0.2) is 42.5 Å². The molecule has 0 fully saturated rings. The van der Waals surface area contributed by atoms with E-state index < -0.39 is 103 Å². The molecule has 35 heteroatoms. The zero-order valence-corrected chi connectivity index (χ0v) is 40.4. The van der Waals surface area contributed by atoms with Crippen LogP contribution in [-0.4, -0.2) is 106 Å². The maximum absolute atomic E-state index is 13.0.